The fourth-order valence-electron chi connectivity index (χ4n) is 1.98. The lowest BCUT2D eigenvalue weighted by molar-refractivity contribution is -0.122. The Balaban J connectivity index is 2.31. The summed E-state index contributed by atoms with van der Waals surface area (Å²) in [6, 6.07) is 5.39. The van der Waals surface area contributed by atoms with E-state index in [4.69, 9.17) is 9.47 Å². The van der Waals surface area contributed by atoms with Gasteiger partial charge in [-0.2, -0.15) is 0 Å². The summed E-state index contributed by atoms with van der Waals surface area (Å²) in [4.78, 5) is 25.4. The number of amides is 2. The molecule has 0 radical (unpaired) electrons. The summed E-state index contributed by atoms with van der Waals surface area (Å²) in [5.74, 6) is 1.00. The number of thioether (sulfide) groups is 1. The van der Waals surface area contributed by atoms with Crippen LogP contribution in [0.2, 0.25) is 0 Å². The van der Waals surface area contributed by atoms with Gasteiger partial charge in [0.2, 0.25) is 0 Å². The van der Waals surface area contributed by atoms with Gasteiger partial charge in [-0.05, 0) is 49.4 Å². The summed E-state index contributed by atoms with van der Waals surface area (Å²) in [6.45, 7) is 4.57. The first-order valence-electron chi connectivity index (χ1n) is 6.66. The summed E-state index contributed by atoms with van der Waals surface area (Å²) < 4.78 is 10.7. The number of carbonyl (C=O) groups is 2. The van der Waals surface area contributed by atoms with E-state index in [0.717, 1.165) is 17.3 Å². The Bertz CT molecular complexity index is 597. The molecule has 2 rings (SSSR count). The average molecular weight is 307 g/mol. The standard InChI is InChI=1S/C15H17NO4S/c1-4-16-14(17)13(21-15(16)18)9-10-6-7-11(19-3)12(8-10)20-5-2/h6-9H,4-5H2,1-3H3/b13-9+. The summed E-state index contributed by atoms with van der Waals surface area (Å²) in [6.07, 6.45) is 1.70. The molecule has 1 aromatic carbocycles. The van der Waals surface area contributed by atoms with Crippen LogP contribution in [0.1, 0.15) is 19.4 Å². The van der Waals surface area contributed by atoms with Crippen molar-refractivity contribution < 1.29 is 19.1 Å². The van der Waals surface area contributed by atoms with Crippen LogP contribution in [0.3, 0.4) is 0 Å². The molecule has 0 saturated carbocycles. The van der Waals surface area contributed by atoms with Gasteiger partial charge in [0, 0.05) is 6.54 Å². The predicted octanol–water partition coefficient (Wildman–Crippen LogP) is 3.15. The Morgan fingerprint density at radius 2 is 2.00 bits per heavy atom. The molecule has 1 aliphatic heterocycles. The summed E-state index contributed by atoms with van der Waals surface area (Å²) >= 11 is 0.957. The van der Waals surface area contributed by atoms with E-state index in [9.17, 15) is 9.59 Å². The molecule has 21 heavy (non-hydrogen) atoms. The summed E-state index contributed by atoms with van der Waals surface area (Å²) in [5, 5.41) is -0.229. The Morgan fingerprint density at radius 1 is 1.24 bits per heavy atom. The smallest absolute Gasteiger partial charge is 0.293 e. The topological polar surface area (TPSA) is 55.8 Å². The van der Waals surface area contributed by atoms with E-state index in [-0.39, 0.29) is 11.1 Å². The minimum atomic E-state index is -0.249. The summed E-state index contributed by atoms with van der Waals surface area (Å²) in [7, 11) is 1.57. The molecule has 0 N–H and O–H groups in total. The minimum Gasteiger partial charge on any atom is -0.493 e. The SMILES string of the molecule is CCOc1cc(/C=C2/SC(=O)N(CC)C2=O)ccc1OC. The number of likely N-dealkylation sites (N-methyl/N-ethyl adjacent to an activating group) is 1. The van der Waals surface area contributed by atoms with Gasteiger partial charge in [-0.1, -0.05) is 6.07 Å². The van der Waals surface area contributed by atoms with E-state index >= 15 is 0 Å². The fourth-order valence-corrected chi connectivity index (χ4v) is 2.88. The molecule has 112 valence electrons. The molecule has 2 amide bonds. The molecule has 0 atom stereocenters. The third-order valence-electron chi connectivity index (χ3n) is 2.98. The van der Waals surface area contributed by atoms with Gasteiger partial charge in [0.25, 0.3) is 11.1 Å². The zero-order valence-electron chi connectivity index (χ0n) is 12.2. The number of nitrogens with zero attached hydrogens (tertiary/aromatic N) is 1. The molecule has 0 aromatic heterocycles. The molecule has 1 heterocycles. The van der Waals surface area contributed by atoms with Crippen LogP contribution in [0, 0.1) is 0 Å². The number of carbonyl (C=O) groups excluding carboxylic acids is 2. The molecule has 0 unspecified atom stereocenters. The average Bonchev–Trinajstić information content (AvgIpc) is 2.73. The van der Waals surface area contributed by atoms with Crippen molar-refractivity contribution in [2.45, 2.75) is 13.8 Å². The second-order valence-electron chi connectivity index (χ2n) is 4.27. The van der Waals surface area contributed by atoms with Gasteiger partial charge in [0.15, 0.2) is 11.5 Å². The van der Waals surface area contributed by atoms with E-state index < -0.39 is 0 Å². The van der Waals surface area contributed by atoms with Gasteiger partial charge in [-0.3, -0.25) is 14.5 Å². The molecular formula is C15H17NO4S. The lowest BCUT2D eigenvalue weighted by Crippen LogP contribution is -2.27. The Kier molecular flexibility index (Phi) is 4.90. The van der Waals surface area contributed by atoms with Crippen LogP contribution >= 0.6 is 11.8 Å². The van der Waals surface area contributed by atoms with Gasteiger partial charge in [-0.15, -0.1) is 0 Å². The lowest BCUT2D eigenvalue weighted by atomic mass is 10.2. The van der Waals surface area contributed by atoms with Crippen molar-refractivity contribution in [3.8, 4) is 11.5 Å². The van der Waals surface area contributed by atoms with Crippen LogP contribution in [0.25, 0.3) is 6.08 Å². The monoisotopic (exact) mass is 307 g/mol. The first-order chi connectivity index (χ1) is 10.1. The first-order valence-corrected chi connectivity index (χ1v) is 7.48. The Hall–Kier alpha value is -1.95. The molecular weight excluding hydrogens is 290 g/mol. The minimum absolute atomic E-state index is 0.229. The molecule has 5 nitrogen and oxygen atoms in total. The second kappa shape index (κ2) is 6.67. The maximum atomic E-state index is 12.0. The van der Waals surface area contributed by atoms with E-state index in [1.807, 2.05) is 13.0 Å². The molecule has 0 spiro atoms. The highest BCUT2D eigenvalue weighted by atomic mass is 32.2. The van der Waals surface area contributed by atoms with Crippen LogP contribution in [-0.4, -0.2) is 36.3 Å². The van der Waals surface area contributed by atoms with Crippen molar-refractivity contribution in [2.75, 3.05) is 20.3 Å². The van der Waals surface area contributed by atoms with E-state index in [1.165, 1.54) is 4.90 Å². The molecule has 0 bridgehead atoms. The maximum Gasteiger partial charge on any atom is 0.293 e. The van der Waals surface area contributed by atoms with Crippen molar-refractivity contribution in [3.05, 3.63) is 28.7 Å². The van der Waals surface area contributed by atoms with Gasteiger partial charge in [0.05, 0.1) is 18.6 Å². The fraction of sp³-hybridized carbons (Fsp3) is 0.333. The Morgan fingerprint density at radius 3 is 2.57 bits per heavy atom. The number of ether oxygens (including phenoxy) is 2. The normalized spacial score (nSPS) is 16.7. The number of hydrogen-bond donors (Lipinski definition) is 0. The zero-order chi connectivity index (χ0) is 15.4. The summed E-state index contributed by atoms with van der Waals surface area (Å²) in [5.41, 5.74) is 0.792. The van der Waals surface area contributed by atoms with Crippen molar-refractivity contribution >= 4 is 29.0 Å². The van der Waals surface area contributed by atoms with E-state index in [0.29, 0.717) is 29.6 Å². The van der Waals surface area contributed by atoms with Crippen LogP contribution in [0.15, 0.2) is 23.1 Å². The van der Waals surface area contributed by atoms with Crippen molar-refractivity contribution in [1.29, 1.82) is 0 Å². The van der Waals surface area contributed by atoms with Crippen LogP contribution in [0.5, 0.6) is 11.5 Å². The maximum absolute atomic E-state index is 12.0. The van der Waals surface area contributed by atoms with E-state index in [2.05, 4.69) is 0 Å². The molecule has 1 saturated heterocycles. The third-order valence-corrected chi connectivity index (χ3v) is 3.88. The number of rotatable bonds is 5. The molecule has 6 heteroatoms. The van der Waals surface area contributed by atoms with Crippen molar-refractivity contribution in [3.63, 3.8) is 0 Å². The van der Waals surface area contributed by atoms with Gasteiger partial charge in [0.1, 0.15) is 0 Å². The first kappa shape index (κ1) is 15.4. The number of methoxy groups -OCH3 is 1. The highest BCUT2D eigenvalue weighted by Crippen LogP contribution is 2.34. The number of benzene rings is 1. The van der Waals surface area contributed by atoms with Crippen molar-refractivity contribution in [1.82, 2.24) is 4.90 Å². The number of imide groups is 1. The quantitative estimate of drug-likeness (QED) is 0.782. The van der Waals surface area contributed by atoms with Crippen LogP contribution in [-0.2, 0) is 4.79 Å². The van der Waals surface area contributed by atoms with Crippen LogP contribution < -0.4 is 9.47 Å². The number of hydrogen-bond acceptors (Lipinski definition) is 5. The predicted molar refractivity (Wildman–Crippen MR) is 82.5 cm³/mol. The van der Waals surface area contributed by atoms with Crippen molar-refractivity contribution in [2.24, 2.45) is 0 Å². The largest absolute Gasteiger partial charge is 0.493 e. The lowest BCUT2D eigenvalue weighted by Gasteiger charge is -2.10. The zero-order valence-corrected chi connectivity index (χ0v) is 13.0. The molecule has 1 fully saturated rings. The molecule has 1 aliphatic rings. The highest BCUT2D eigenvalue weighted by Gasteiger charge is 2.33. The molecule has 1 aromatic rings. The second-order valence-corrected chi connectivity index (χ2v) is 5.26. The van der Waals surface area contributed by atoms with Gasteiger partial charge in [-0.25, -0.2) is 0 Å². The molecule has 0 aliphatic carbocycles. The van der Waals surface area contributed by atoms with Gasteiger partial charge < -0.3 is 9.47 Å². The Labute approximate surface area is 127 Å². The highest BCUT2D eigenvalue weighted by molar-refractivity contribution is 8.18. The van der Waals surface area contributed by atoms with Gasteiger partial charge >= 0.3 is 0 Å². The van der Waals surface area contributed by atoms with Crippen LogP contribution in [0.4, 0.5) is 4.79 Å². The van der Waals surface area contributed by atoms with E-state index in [1.54, 1.807) is 32.2 Å². The third kappa shape index (κ3) is 3.21.